The largest absolute Gasteiger partial charge is 2.00 e. The predicted octanol–water partition coefficient (Wildman–Crippen LogP) is 3.99. The minimum absolute atomic E-state index is 0. The van der Waals surface area contributed by atoms with Crippen LogP contribution in [0.1, 0.15) is 33.3 Å². The topological polar surface area (TPSA) is 0 Å². The zero-order valence-corrected chi connectivity index (χ0v) is 10.5. The molecule has 0 aliphatic rings. The number of aryl methyl sites for hydroxylation is 1. The summed E-state index contributed by atoms with van der Waals surface area (Å²) in [5.41, 5.74) is 1.43. The maximum atomic E-state index is 3.08. The Bertz CT molecular complexity index is 207. The van der Waals surface area contributed by atoms with Crippen LogP contribution in [0.3, 0.4) is 0 Å². The van der Waals surface area contributed by atoms with Crippen molar-refractivity contribution in [3.05, 3.63) is 42.0 Å². The van der Waals surface area contributed by atoms with Crippen LogP contribution in [-0.4, -0.2) is 0 Å². The van der Waals surface area contributed by atoms with Gasteiger partial charge in [0.2, 0.25) is 0 Å². The van der Waals surface area contributed by atoms with Gasteiger partial charge in [0.05, 0.1) is 0 Å². The first-order valence-corrected chi connectivity index (χ1v) is 4.95. The van der Waals surface area contributed by atoms with Crippen LogP contribution in [0, 0.1) is 12.0 Å². The molecule has 0 atom stereocenters. The molecular formula is C13H20Ni. The van der Waals surface area contributed by atoms with Crippen LogP contribution in [0.15, 0.2) is 30.3 Å². The van der Waals surface area contributed by atoms with Crippen molar-refractivity contribution >= 4 is 0 Å². The minimum atomic E-state index is 0. The van der Waals surface area contributed by atoms with Gasteiger partial charge >= 0.3 is 16.5 Å². The summed E-state index contributed by atoms with van der Waals surface area (Å²) in [7, 11) is 0. The molecule has 0 bridgehead atoms. The van der Waals surface area contributed by atoms with Crippen molar-refractivity contribution in [1.82, 2.24) is 0 Å². The van der Waals surface area contributed by atoms with E-state index in [0.717, 1.165) is 6.42 Å². The molecule has 0 saturated heterocycles. The van der Waals surface area contributed by atoms with Crippen molar-refractivity contribution < 1.29 is 16.5 Å². The molecule has 0 amide bonds. The quantitative estimate of drug-likeness (QED) is 0.537. The van der Waals surface area contributed by atoms with E-state index in [1.807, 2.05) is 13.0 Å². The molecule has 1 rings (SSSR count). The second-order valence-electron chi connectivity index (χ2n) is 3.26. The maximum Gasteiger partial charge on any atom is 2.00 e. The normalized spacial score (nSPS) is 9.50. The molecule has 0 saturated carbocycles. The van der Waals surface area contributed by atoms with Crippen LogP contribution in [0.2, 0.25) is 0 Å². The molecule has 0 aliphatic heterocycles. The first-order valence-electron chi connectivity index (χ1n) is 4.95. The molecule has 0 heterocycles. The fraction of sp³-hybridized carbons (Fsp3) is 0.462. The molecule has 14 heavy (non-hydrogen) atoms. The second kappa shape index (κ2) is 10.7. The fourth-order valence-electron chi connectivity index (χ4n) is 0.983. The molecule has 0 nitrogen and oxygen atoms in total. The summed E-state index contributed by atoms with van der Waals surface area (Å²) in [6.07, 6.45) is 6.19. The van der Waals surface area contributed by atoms with E-state index in [4.69, 9.17) is 0 Å². The van der Waals surface area contributed by atoms with Crippen molar-refractivity contribution in [1.29, 1.82) is 0 Å². The Morgan fingerprint density at radius 2 is 1.79 bits per heavy atom. The van der Waals surface area contributed by atoms with Crippen molar-refractivity contribution in [3.8, 4) is 0 Å². The number of rotatable bonds is 2. The zero-order valence-electron chi connectivity index (χ0n) is 9.49. The molecule has 0 N–H and O–H groups in total. The maximum absolute atomic E-state index is 3.08. The molecule has 0 aromatic heterocycles. The van der Waals surface area contributed by atoms with Crippen LogP contribution < -0.4 is 0 Å². The van der Waals surface area contributed by atoms with E-state index in [1.54, 1.807) is 0 Å². The molecule has 1 aromatic rings. The fourth-order valence-corrected chi connectivity index (χ4v) is 0.983. The molecule has 1 aromatic carbocycles. The first-order chi connectivity index (χ1) is 6.20. The van der Waals surface area contributed by atoms with Gasteiger partial charge in [-0.2, -0.15) is 23.6 Å². The van der Waals surface area contributed by atoms with Gasteiger partial charge in [-0.15, -0.1) is 0 Å². The van der Waals surface area contributed by atoms with Gasteiger partial charge in [-0.1, -0.05) is 34.1 Å². The van der Waals surface area contributed by atoms with E-state index in [-0.39, 0.29) is 16.5 Å². The standard InChI is InChI=1S/C7H9.C6H11.Ni/c1-2-7-5-3-4-6-7;1-4-5-6(2)3;/h3-6H,2H2,1H3;4,6H,1-3H3;/q2*-1;+2. The molecule has 0 radical (unpaired) electrons. The van der Waals surface area contributed by atoms with Gasteiger partial charge < -0.3 is 6.08 Å². The Labute approximate surface area is 98.7 Å². The summed E-state index contributed by atoms with van der Waals surface area (Å²) in [6, 6.07) is 8.41. The molecule has 1 heteroatoms. The third-order valence-corrected chi connectivity index (χ3v) is 1.64. The summed E-state index contributed by atoms with van der Waals surface area (Å²) >= 11 is 0. The van der Waals surface area contributed by atoms with E-state index >= 15 is 0 Å². The van der Waals surface area contributed by atoms with Gasteiger partial charge in [-0.25, -0.2) is 12.1 Å². The van der Waals surface area contributed by atoms with Crippen molar-refractivity contribution in [2.24, 2.45) is 5.92 Å². The third-order valence-electron chi connectivity index (χ3n) is 1.64. The Hall–Kier alpha value is -0.416. The van der Waals surface area contributed by atoms with Crippen LogP contribution in [-0.2, 0) is 22.9 Å². The molecule has 82 valence electrons. The van der Waals surface area contributed by atoms with Gasteiger partial charge in [-0.05, 0) is 0 Å². The SMILES string of the molecule is CC=[C-]C(C)C.CC[c-]1cccc1.[Ni+2]. The summed E-state index contributed by atoms with van der Waals surface area (Å²) in [5.74, 6) is 0.593. The van der Waals surface area contributed by atoms with Crippen molar-refractivity contribution in [2.75, 3.05) is 0 Å². The summed E-state index contributed by atoms with van der Waals surface area (Å²) in [5, 5.41) is 0. The van der Waals surface area contributed by atoms with E-state index in [1.165, 1.54) is 5.56 Å². The van der Waals surface area contributed by atoms with Gasteiger partial charge in [-0.3, -0.25) is 6.08 Å². The Morgan fingerprint density at radius 3 is 1.93 bits per heavy atom. The summed E-state index contributed by atoms with van der Waals surface area (Å²) in [6.45, 7) is 8.37. The van der Waals surface area contributed by atoms with Crippen LogP contribution in [0.4, 0.5) is 0 Å². The summed E-state index contributed by atoms with van der Waals surface area (Å²) < 4.78 is 0. The third kappa shape index (κ3) is 9.67. The van der Waals surface area contributed by atoms with E-state index in [2.05, 4.69) is 51.1 Å². The number of allylic oxidation sites excluding steroid dienone is 2. The molecule has 0 aliphatic carbocycles. The van der Waals surface area contributed by atoms with Crippen molar-refractivity contribution in [3.63, 3.8) is 0 Å². The molecule has 0 fully saturated rings. The Balaban J connectivity index is 0. The summed E-state index contributed by atoms with van der Waals surface area (Å²) in [4.78, 5) is 0. The monoisotopic (exact) mass is 234 g/mol. The molecule has 0 spiro atoms. The van der Waals surface area contributed by atoms with Crippen LogP contribution in [0.25, 0.3) is 0 Å². The average molecular weight is 235 g/mol. The Morgan fingerprint density at radius 1 is 1.29 bits per heavy atom. The van der Waals surface area contributed by atoms with E-state index in [9.17, 15) is 0 Å². The molecule has 0 unspecified atom stereocenters. The van der Waals surface area contributed by atoms with Crippen LogP contribution >= 0.6 is 0 Å². The first kappa shape index (κ1) is 16.0. The second-order valence-corrected chi connectivity index (χ2v) is 3.26. The van der Waals surface area contributed by atoms with Crippen molar-refractivity contribution in [2.45, 2.75) is 34.1 Å². The van der Waals surface area contributed by atoms with Gasteiger partial charge in [0.25, 0.3) is 0 Å². The van der Waals surface area contributed by atoms with E-state index in [0.29, 0.717) is 5.92 Å². The van der Waals surface area contributed by atoms with Gasteiger partial charge in [0.1, 0.15) is 0 Å². The smallest absolute Gasteiger partial charge is 0.498 e. The van der Waals surface area contributed by atoms with Gasteiger partial charge in [0.15, 0.2) is 0 Å². The van der Waals surface area contributed by atoms with Crippen LogP contribution in [0.5, 0.6) is 0 Å². The van der Waals surface area contributed by atoms with E-state index < -0.39 is 0 Å². The Kier molecular flexibility index (Phi) is 12.2. The van der Waals surface area contributed by atoms with Gasteiger partial charge in [0, 0.05) is 0 Å². The molecular weight excluding hydrogens is 215 g/mol. The number of hydrogen-bond donors (Lipinski definition) is 0. The zero-order chi connectivity index (χ0) is 10.1. The average Bonchev–Trinajstić information content (AvgIpc) is 2.56. The minimum Gasteiger partial charge on any atom is -0.498 e. The number of hydrogen-bond acceptors (Lipinski definition) is 0. The predicted molar refractivity (Wildman–Crippen MR) is 59.7 cm³/mol.